The molecule has 1 aromatic carbocycles. The lowest BCUT2D eigenvalue weighted by Gasteiger charge is -2.32. The Balaban J connectivity index is 2.25. The zero-order valence-corrected chi connectivity index (χ0v) is 11.2. The highest BCUT2D eigenvalue weighted by molar-refractivity contribution is 6.30. The third-order valence-electron chi connectivity index (χ3n) is 3.60. The first-order valence-electron chi connectivity index (χ1n) is 6.47. The summed E-state index contributed by atoms with van der Waals surface area (Å²) in [6, 6.07) is 8.64. The van der Waals surface area contributed by atoms with Crippen molar-refractivity contribution in [3.05, 3.63) is 34.9 Å². The molecule has 0 bridgehead atoms. The fraction of sp³-hybridized carbons (Fsp3) is 0.571. The van der Waals surface area contributed by atoms with Gasteiger partial charge in [0.15, 0.2) is 0 Å². The van der Waals surface area contributed by atoms with Gasteiger partial charge in [0.05, 0.1) is 0 Å². The Morgan fingerprint density at radius 2 is 2.06 bits per heavy atom. The van der Waals surface area contributed by atoms with Crippen LogP contribution in [-0.4, -0.2) is 24.0 Å². The first-order chi connectivity index (χ1) is 8.22. The van der Waals surface area contributed by atoms with Crippen LogP contribution in [0.25, 0.3) is 0 Å². The number of hydrogen-bond donors (Lipinski definition) is 1. The SMILES string of the molecule is CCC(N)C(c1cccc(Cl)c1)N1CCCC1. The van der Waals surface area contributed by atoms with E-state index in [2.05, 4.69) is 24.0 Å². The third-order valence-corrected chi connectivity index (χ3v) is 3.84. The van der Waals surface area contributed by atoms with Gasteiger partial charge in [-0.2, -0.15) is 0 Å². The molecule has 0 saturated carbocycles. The summed E-state index contributed by atoms with van der Waals surface area (Å²) in [6.07, 6.45) is 3.56. The molecular weight excluding hydrogens is 232 g/mol. The smallest absolute Gasteiger partial charge is 0.0499 e. The van der Waals surface area contributed by atoms with E-state index in [-0.39, 0.29) is 6.04 Å². The molecule has 1 saturated heterocycles. The Labute approximate surface area is 109 Å². The second-order valence-corrected chi connectivity index (χ2v) is 5.25. The van der Waals surface area contributed by atoms with Gasteiger partial charge >= 0.3 is 0 Å². The number of nitrogens with two attached hydrogens (primary N) is 1. The zero-order valence-electron chi connectivity index (χ0n) is 10.4. The summed E-state index contributed by atoms with van der Waals surface area (Å²) in [7, 11) is 0. The number of nitrogens with zero attached hydrogens (tertiary/aromatic N) is 1. The Bertz CT molecular complexity index is 361. The lowest BCUT2D eigenvalue weighted by molar-refractivity contribution is 0.209. The van der Waals surface area contributed by atoms with Crippen LogP contribution in [0.15, 0.2) is 24.3 Å². The van der Waals surface area contributed by atoms with Crippen LogP contribution in [0.5, 0.6) is 0 Å². The maximum atomic E-state index is 6.29. The Morgan fingerprint density at radius 1 is 1.35 bits per heavy atom. The molecular formula is C14H21ClN2. The van der Waals surface area contributed by atoms with E-state index in [0.29, 0.717) is 6.04 Å². The van der Waals surface area contributed by atoms with Crippen LogP contribution in [-0.2, 0) is 0 Å². The first kappa shape index (κ1) is 12.9. The van der Waals surface area contributed by atoms with Crippen LogP contribution in [0.3, 0.4) is 0 Å². The van der Waals surface area contributed by atoms with Crippen LogP contribution in [0.4, 0.5) is 0 Å². The van der Waals surface area contributed by atoms with Crippen molar-refractivity contribution in [1.29, 1.82) is 0 Å². The van der Waals surface area contributed by atoms with Gasteiger partial charge in [-0.25, -0.2) is 0 Å². The first-order valence-corrected chi connectivity index (χ1v) is 6.85. The van der Waals surface area contributed by atoms with Crippen molar-refractivity contribution in [3.8, 4) is 0 Å². The van der Waals surface area contributed by atoms with Gasteiger partial charge in [-0.15, -0.1) is 0 Å². The summed E-state index contributed by atoms with van der Waals surface area (Å²) in [6.45, 7) is 4.47. The van der Waals surface area contributed by atoms with Crippen LogP contribution in [0.2, 0.25) is 5.02 Å². The van der Waals surface area contributed by atoms with E-state index in [9.17, 15) is 0 Å². The molecule has 0 spiro atoms. The van der Waals surface area contributed by atoms with E-state index in [1.165, 1.54) is 18.4 Å². The van der Waals surface area contributed by atoms with Crippen molar-refractivity contribution in [3.63, 3.8) is 0 Å². The standard InChI is InChI=1S/C14H21ClN2/c1-2-13(16)14(17-8-3-4-9-17)11-6-5-7-12(15)10-11/h5-7,10,13-14H,2-4,8-9,16H2,1H3. The predicted molar refractivity (Wildman–Crippen MR) is 73.3 cm³/mol. The molecule has 1 aliphatic rings. The second kappa shape index (κ2) is 5.85. The van der Waals surface area contributed by atoms with Crippen molar-refractivity contribution in [2.75, 3.05) is 13.1 Å². The van der Waals surface area contributed by atoms with Crippen molar-refractivity contribution >= 4 is 11.6 Å². The minimum absolute atomic E-state index is 0.187. The zero-order chi connectivity index (χ0) is 12.3. The topological polar surface area (TPSA) is 29.3 Å². The number of rotatable bonds is 4. The molecule has 17 heavy (non-hydrogen) atoms. The van der Waals surface area contributed by atoms with Gasteiger partial charge < -0.3 is 5.73 Å². The molecule has 2 unspecified atom stereocenters. The maximum absolute atomic E-state index is 6.29. The molecule has 1 aliphatic heterocycles. The fourth-order valence-electron chi connectivity index (χ4n) is 2.66. The van der Waals surface area contributed by atoms with Crippen LogP contribution < -0.4 is 5.73 Å². The Morgan fingerprint density at radius 3 is 2.65 bits per heavy atom. The molecule has 0 amide bonds. The summed E-state index contributed by atoms with van der Waals surface area (Å²) >= 11 is 6.08. The molecule has 1 aromatic rings. The van der Waals surface area contributed by atoms with Crippen molar-refractivity contribution in [2.45, 2.75) is 38.3 Å². The third kappa shape index (κ3) is 3.01. The molecule has 3 heteroatoms. The lowest BCUT2D eigenvalue weighted by atomic mass is 9.96. The molecule has 1 heterocycles. The highest BCUT2D eigenvalue weighted by Crippen LogP contribution is 2.29. The average Bonchev–Trinajstić information content (AvgIpc) is 2.83. The number of benzene rings is 1. The highest BCUT2D eigenvalue weighted by atomic mass is 35.5. The quantitative estimate of drug-likeness (QED) is 0.892. The lowest BCUT2D eigenvalue weighted by Crippen LogP contribution is -2.39. The highest BCUT2D eigenvalue weighted by Gasteiger charge is 2.27. The van der Waals surface area contributed by atoms with Gasteiger partial charge in [-0.05, 0) is 50.0 Å². The summed E-state index contributed by atoms with van der Waals surface area (Å²) in [5.74, 6) is 0. The van der Waals surface area contributed by atoms with Crippen LogP contribution in [0, 0.1) is 0 Å². The van der Waals surface area contributed by atoms with Crippen molar-refractivity contribution < 1.29 is 0 Å². The molecule has 1 fully saturated rings. The Hall–Kier alpha value is -0.570. The van der Waals surface area contributed by atoms with Gasteiger partial charge in [0.25, 0.3) is 0 Å². The van der Waals surface area contributed by atoms with Crippen molar-refractivity contribution in [1.82, 2.24) is 4.90 Å². The Kier molecular flexibility index (Phi) is 4.43. The van der Waals surface area contributed by atoms with E-state index >= 15 is 0 Å². The fourth-order valence-corrected chi connectivity index (χ4v) is 2.86. The monoisotopic (exact) mass is 252 g/mol. The summed E-state index contributed by atoms with van der Waals surface area (Å²) in [5, 5.41) is 0.801. The van der Waals surface area contributed by atoms with E-state index in [0.717, 1.165) is 24.5 Å². The van der Waals surface area contributed by atoms with E-state index < -0.39 is 0 Å². The summed E-state index contributed by atoms with van der Waals surface area (Å²) < 4.78 is 0. The van der Waals surface area contributed by atoms with Crippen LogP contribution in [0.1, 0.15) is 37.8 Å². The number of likely N-dealkylation sites (tertiary alicyclic amines) is 1. The molecule has 2 atom stereocenters. The molecule has 2 N–H and O–H groups in total. The van der Waals surface area contributed by atoms with E-state index in [4.69, 9.17) is 17.3 Å². The molecule has 94 valence electrons. The molecule has 2 rings (SSSR count). The largest absolute Gasteiger partial charge is 0.326 e. The molecule has 2 nitrogen and oxygen atoms in total. The van der Waals surface area contributed by atoms with Gasteiger partial charge in [0, 0.05) is 17.1 Å². The minimum Gasteiger partial charge on any atom is -0.326 e. The predicted octanol–water partition coefficient (Wildman–Crippen LogP) is 3.21. The van der Waals surface area contributed by atoms with Crippen molar-refractivity contribution in [2.24, 2.45) is 5.73 Å². The van der Waals surface area contributed by atoms with E-state index in [1.807, 2.05) is 12.1 Å². The maximum Gasteiger partial charge on any atom is 0.0499 e. The van der Waals surface area contributed by atoms with Gasteiger partial charge in [-0.1, -0.05) is 30.7 Å². The minimum atomic E-state index is 0.187. The summed E-state index contributed by atoms with van der Waals surface area (Å²) in [4.78, 5) is 2.50. The van der Waals surface area contributed by atoms with Gasteiger partial charge in [0.1, 0.15) is 0 Å². The van der Waals surface area contributed by atoms with Crippen LogP contribution >= 0.6 is 11.6 Å². The average molecular weight is 253 g/mol. The number of halogens is 1. The number of hydrogen-bond acceptors (Lipinski definition) is 2. The van der Waals surface area contributed by atoms with E-state index in [1.54, 1.807) is 0 Å². The molecule has 0 radical (unpaired) electrons. The second-order valence-electron chi connectivity index (χ2n) is 4.82. The normalized spacial score (nSPS) is 20.4. The van der Waals surface area contributed by atoms with Gasteiger partial charge in [0.2, 0.25) is 0 Å². The molecule has 0 aromatic heterocycles. The molecule has 0 aliphatic carbocycles. The van der Waals surface area contributed by atoms with Gasteiger partial charge in [-0.3, -0.25) is 4.90 Å². The summed E-state index contributed by atoms with van der Waals surface area (Å²) in [5.41, 5.74) is 7.55.